The zero-order valence-electron chi connectivity index (χ0n) is 10.4. The van der Waals surface area contributed by atoms with E-state index in [-0.39, 0.29) is 11.6 Å². The zero-order chi connectivity index (χ0) is 13.8. The largest absolute Gasteiger partial charge is 0.354 e. The first-order valence-electron chi connectivity index (χ1n) is 5.63. The van der Waals surface area contributed by atoms with Crippen LogP contribution in [0, 0.1) is 11.8 Å². The Kier molecular flexibility index (Phi) is 4.25. The van der Waals surface area contributed by atoms with Gasteiger partial charge in [-0.3, -0.25) is 4.79 Å². The number of nitrogens with one attached hydrogen (secondary N) is 1. The van der Waals surface area contributed by atoms with E-state index < -0.39 is 0 Å². The van der Waals surface area contributed by atoms with E-state index in [2.05, 4.69) is 29.2 Å². The predicted molar refractivity (Wildman–Crippen MR) is 74.6 cm³/mol. The molecule has 0 unspecified atom stereocenters. The Morgan fingerprint density at radius 2 is 2.32 bits per heavy atom. The molecule has 0 spiro atoms. The van der Waals surface area contributed by atoms with Crippen molar-refractivity contribution in [2.24, 2.45) is 0 Å². The first-order valence-corrected chi connectivity index (χ1v) is 6.82. The molecule has 0 saturated carbocycles. The average molecular weight is 295 g/mol. The third kappa shape index (κ3) is 3.16. The fourth-order valence-corrected chi connectivity index (χ4v) is 2.55. The van der Waals surface area contributed by atoms with Crippen molar-refractivity contribution in [3.05, 3.63) is 38.4 Å². The Hall–Kier alpha value is -1.77. The molecule has 4 nitrogen and oxygen atoms in total. The number of carbonyl (C=O) groups is 1. The summed E-state index contributed by atoms with van der Waals surface area (Å²) in [6, 6.07) is 3.45. The van der Waals surface area contributed by atoms with E-state index in [1.54, 1.807) is 0 Å². The molecule has 2 rings (SSSR count). The molecule has 0 atom stereocenters. The Labute approximate surface area is 119 Å². The van der Waals surface area contributed by atoms with Crippen molar-refractivity contribution in [1.82, 2.24) is 10.5 Å². The van der Waals surface area contributed by atoms with Gasteiger partial charge >= 0.3 is 0 Å². The summed E-state index contributed by atoms with van der Waals surface area (Å²) in [5.74, 6) is 5.74. The molecule has 0 aliphatic carbocycles. The van der Waals surface area contributed by atoms with Crippen LogP contribution in [0.5, 0.6) is 0 Å². The van der Waals surface area contributed by atoms with Crippen molar-refractivity contribution in [2.75, 3.05) is 7.05 Å². The second kappa shape index (κ2) is 5.91. The first kappa shape index (κ1) is 13.7. The Balaban J connectivity index is 2.21. The van der Waals surface area contributed by atoms with Crippen LogP contribution in [-0.2, 0) is 6.42 Å². The van der Waals surface area contributed by atoms with E-state index in [4.69, 9.17) is 16.1 Å². The van der Waals surface area contributed by atoms with Gasteiger partial charge in [0, 0.05) is 18.0 Å². The summed E-state index contributed by atoms with van der Waals surface area (Å²) in [5, 5.41) is 6.08. The van der Waals surface area contributed by atoms with E-state index in [0.29, 0.717) is 10.1 Å². The number of rotatable bonds is 2. The number of halogens is 1. The van der Waals surface area contributed by atoms with E-state index in [1.807, 2.05) is 6.07 Å². The van der Waals surface area contributed by atoms with Crippen molar-refractivity contribution >= 4 is 28.8 Å². The fraction of sp³-hybridized carbons (Fsp3) is 0.231. The molecule has 98 valence electrons. The van der Waals surface area contributed by atoms with Crippen LogP contribution in [0.3, 0.4) is 0 Å². The minimum Gasteiger partial charge on any atom is -0.354 e. The third-order valence-corrected chi connectivity index (χ3v) is 3.88. The lowest BCUT2D eigenvalue weighted by Gasteiger charge is -1.88. The zero-order valence-corrected chi connectivity index (χ0v) is 12.0. The van der Waals surface area contributed by atoms with E-state index in [0.717, 1.165) is 12.0 Å². The van der Waals surface area contributed by atoms with Crippen molar-refractivity contribution in [1.29, 1.82) is 0 Å². The lowest BCUT2D eigenvalue weighted by molar-refractivity contribution is 0.0954. The Morgan fingerprint density at radius 1 is 1.53 bits per heavy atom. The van der Waals surface area contributed by atoms with Crippen LogP contribution < -0.4 is 5.32 Å². The molecule has 0 aromatic carbocycles. The van der Waals surface area contributed by atoms with Crippen LogP contribution in [0.25, 0.3) is 0 Å². The topological polar surface area (TPSA) is 55.1 Å². The molecule has 6 heteroatoms. The highest BCUT2D eigenvalue weighted by Crippen LogP contribution is 2.27. The van der Waals surface area contributed by atoms with Crippen LogP contribution >= 0.6 is 22.9 Å². The van der Waals surface area contributed by atoms with Gasteiger partial charge in [0.1, 0.15) is 4.34 Å². The lowest BCUT2D eigenvalue weighted by Crippen LogP contribution is -2.17. The minimum atomic E-state index is -0.307. The summed E-state index contributed by atoms with van der Waals surface area (Å²) < 4.78 is 5.62. The summed E-state index contributed by atoms with van der Waals surface area (Å²) in [7, 11) is 1.53. The van der Waals surface area contributed by atoms with Crippen LogP contribution in [0.1, 0.15) is 33.6 Å². The highest BCUT2D eigenvalue weighted by molar-refractivity contribution is 7.16. The number of amides is 1. The van der Waals surface area contributed by atoms with E-state index in [9.17, 15) is 4.79 Å². The molecule has 2 aromatic rings. The molecular formula is C13H11ClN2O2S. The number of carbonyl (C=O) groups excluding carboxylic acids is 1. The quantitative estimate of drug-likeness (QED) is 0.867. The molecule has 19 heavy (non-hydrogen) atoms. The molecule has 0 fully saturated rings. The van der Waals surface area contributed by atoms with Crippen molar-refractivity contribution in [3.8, 4) is 11.8 Å². The average Bonchev–Trinajstić information content (AvgIpc) is 3.02. The van der Waals surface area contributed by atoms with Crippen molar-refractivity contribution in [2.45, 2.75) is 13.3 Å². The van der Waals surface area contributed by atoms with Gasteiger partial charge in [-0.1, -0.05) is 29.6 Å². The third-order valence-electron chi connectivity index (χ3n) is 2.38. The molecule has 1 amide bonds. The number of hydrogen-bond donors (Lipinski definition) is 1. The fourth-order valence-electron chi connectivity index (χ4n) is 1.37. The molecule has 0 bridgehead atoms. The van der Waals surface area contributed by atoms with Gasteiger partial charge in [-0.2, -0.15) is 0 Å². The Morgan fingerprint density at radius 3 is 2.95 bits per heavy atom. The second-order valence-electron chi connectivity index (χ2n) is 3.66. The molecular weight excluding hydrogens is 284 g/mol. The molecule has 0 radical (unpaired) electrons. The maximum absolute atomic E-state index is 11.3. The molecule has 0 aliphatic rings. The highest BCUT2D eigenvalue weighted by Gasteiger charge is 2.09. The molecule has 1 N–H and O–H groups in total. The monoisotopic (exact) mass is 294 g/mol. The van der Waals surface area contributed by atoms with Crippen molar-refractivity contribution in [3.63, 3.8) is 0 Å². The maximum Gasteiger partial charge on any atom is 0.273 e. The molecule has 2 heterocycles. The molecule has 0 saturated heterocycles. The number of hydrogen-bond acceptors (Lipinski definition) is 4. The maximum atomic E-state index is 11.3. The van der Waals surface area contributed by atoms with Crippen LogP contribution in [-0.4, -0.2) is 18.1 Å². The Bertz CT molecular complexity index is 664. The second-order valence-corrected chi connectivity index (χ2v) is 5.40. The molecule has 0 aliphatic heterocycles. The van der Waals surface area contributed by atoms with Crippen LogP contribution in [0.15, 0.2) is 16.7 Å². The standard InChI is InChI=1S/C13H11ClN2O2S/c1-3-10-6-8(12(14)19-10)4-5-9-7-11(16-18-9)13(17)15-2/h6-7H,3H2,1-2H3,(H,15,17). The smallest absolute Gasteiger partial charge is 0.273 e. The van der Waals surface area contributed by atoms with Gasteiger partial charge < -0.3 is 9.84 Å². The minimum absolute atomic E-state index is 0.206. The summed E-state index contributed by atoms with van der Waals surface area (Å²) in [5.41, 5.74) is 0.971. The number of thiophene rings is 1. The normalized spacial score (nSPS) is 9.84. The summed E-state index contributed by atoms with van der Waals surface area (Å²) >= 11 is 7.59. The summed E-state index contributed by atoms with van der Waals surface area (Å²) in [6.45, 7) is 2.06. The van der Waals surface area contributed by atoms with Gasteiger partial charge in [-0.15, -0.1) is 11.3 Å². The van der Waals surface area contributed by atoms with Gasteiger partial charge in [0.05, 0.1) is 5.56 Å². The van der Waals surface area contributed by atoms with Crippen molar-refractivity contribution < 1.29 is 9.32 Å². The van der Waals surface area contributed by atoms with Gasteiger partial charge in [-0.05, 0) is 18.4 Å². The summed E-state index contributed by atoms with van der Waals surface area (Å²) in [4.78, 5) is 12.5. The lowest BCUT2D eigenvalue weighted by atomic mass is 10.2. The van der Waals surface area contributed by atoms with E-state index in [1.165, 1.54) is 29.3 Å². The van der Waals surface area contributed by atoms with Crippen LogP contribution in [0.4, 0.5) is 0 Å². The summed E-state index contributed by atoms with van der Waals surface area (Å²) in [6.07, 6.45) is 0.926. The number of aryl methyl sites for hydroxylation is 1. The van der Waals surface area contributed by atoms with Gasteiger partial charge in [0.2, 0.25) is 5.76 Å². The van der Waals surface area contributed by atoms with Gasteiger partial charge in [-0.25, -0.2) is 0 Å². The number of nitrogens with zero attached hydrogens (tertiary/aromatic N) is 1. The first-order chi connectivity index (χ1) is 9.13. The van der Waals surface area contributed by atoms with Gasteiger partial charge in [0.15, 0.2) is 5.69 Å². The van der Waals surface area contributed by atoms with Crippen LogP contribution in [0.2, 0.25) is 4.34 Å². The highest BCUT2D eigenvalue weighted by atomic mass is 35.5. The number of aromatic nitrogens is 1. The predicted octanol–water partition coefficient (Wildman–Crippen LogP) is 2.71. The van der Waals surface area contributed by atoms with E-state index >= 15 is 0 Å². The SMILES string of the molecule is CCc1cc(C#Cc2cc(C(=O)NC)no2)c(Cl)s1. The molecule has 2 aromatic heterocycles. The van der Waals surface area contributed by atoms with Gasteiger partial charge in [0.25, 0.3) is 5.91 Å².